The Morgan fingerprint density at radius 1 is 1.48 bits per heavy atom. The van der Waals surface area contributed by atoms with E-state index in [0.717, 1.165) is 31.6 Å². The molecule has 1 amide bonds. The first-order valence-corrected chi connectivity index (χ1v) is 8.94. The van der Waals surface area contributed by atoms with E-state index >= 15 is 0 Å². The van der Waals surface area contributed by atoms with Gasteiger partial charge in [-0.1, -0.05) is 0 Å². The second-order valence-corrected chi connectivity index (χ2v) is 7.85. The van der Waals surface area contributed by atoms with Gasteiger partial charge in [0.1, 0.15) is 0 Å². The molecule has 0 aromatic carbocycles. The number of aromatic nitrogens is 1. The highest BCUT2D eigenvalue weighted by Gasteiger charge is 2.49. The zero-order chi connectivity index (χ0) is 16.6. The molecule has 128 valence electrons. The van der Waals surface area contributed by atoms with E-state index in [2.05, 4.69) is 27.6 Å². The van der Waals surface area contributed by atoms with Gasteiger partial charge in [0.15, 0.2) is 0 Å². The van der Waals surface area contributed by atoms with E-state index in [9.17, 15) is 13.6 Å². The Labute approximate surface area is 139 Å². The molecular weight excluding hydrogens is 320 g/mol. The number of rotatable bonds is 4. The third kappa shape index (κ3) is 4.07. The number of piperidine rings is 1. The fourth-order valence-corrected chi connectivity index (χ4v) is 4.13. The van der Waals surface area contributed by atoms with Crippen LogP contribution >= 0.6 is 11.5 Å². The molecule has 2 heterocycles. The minimum atomic E-state index is -2.64. The maximum absolute atomic E-state index is 12.9. The van der Waals surface area contributed by atoms with Crippen molar-refractivity contribution in [2.45, 2.75) is 64.1 Å². The van der Waals surface area contributed by atoms with Crippen LogP contribution in [0.1, 0.15) is 43.2 Å². The van der Waals surface area contributed by atoms with Crippen molar-refractivity contribution in [3.05, 3.63) is 16.6 Å². The summed E-state index contributed by atoms with van der Waals surface area (Å²) in [5.74, 6) is -3.36. The van der Waals surface area contributed by atoms with Crippen molar-refractivity contribution in [1.82, 2.24) is 14.6 Å². The number of alkyl halides is 2. The molecule has 1 aliphatic heterocycles. The Hall–Kier alpha value is -1.08. The van der Waals surface area contributed by atoms with Crippen LogP contribution in [0.25, 0.3) is 0 Å². The number of likely N-dealkylation sites (tertiary alicyclic amines) is 1. The second-order valence-electron chi connectivity index (χ2n) is 6.96. The van der Waals surface area contributed by atoms with Crippen molar-refractivity contribution in [1.29, 1.82) is 0 Å². The molecule has 23 heavy (non-hydrogen) atoms. The molecule has 0 spiro atoms. The van der Waals surface area contributed by atoms with Gasteiger partial charge in [-0.15, -0.1) is 0 Å². The standard InChI is InChI=1S/C16H23F2N3OS/c1-10-5-14(23-20-10)9-21-8-13(4-3-11(21)2)19-15(22)12-6-16(17,18)7-12/h5,11-13H,3-4,6-9H2,1-2H3,(H,19,22). The highest BCUT2D eigenvalue weighted by molar-refractivity contribution is 7.05. The molecule has 0 bridgehead atoms. The largest absolute Gasteiger partial charge is 0.352 e. The summed E-state index contributed by atoms with van der Waals surface area (Å²) in [5, 5.41) is 2.97. The van der Waals surface area contributed by atoms with Crippen LogP contribution in [0.4, 0.5) is 8.78 Å². The van der Waals surface area contributed by atoms with E-state index in [1.165, 1.54) is 16.4 Å². The summed E-state index contributed by atoms with van der Waals surface area (Å²) in [4.78, 5) is 15.6. The highest BCUT2D eigenvalue weighted by Crippen LogP contribution is 2.42. The molecule has 4 nitrogen and oxygen atoms in total. The van der Waals surface area contributed by atoms with Crippen LogP contribution < -0.4 is 5.32 Å². The van der Waals surface area contributed by atoms with E-state index in [4.69, 9.17) is 0 Å². The van der Waals surface area contributed by atoms with Crippen molar-refractivity contribution < 1.29 is 13.6 Å². The zero-order valence-electron chi connectivity index (χ0n) is 13.5. The summed E-state index contributed by atoms with van der Waals surface area (Å²) in [5.41, 5.74) is 1.03. The predicted octanol–water partition coefficient (Wildman–Crippen LogP) is 2.97. The van der Waals surface area contributed by atoms with E-state index < -0.39 is 11.8 Å². The molecule has 2 aliphatic rings. The van der Waals surface area contributed by atoms with Crippen LogP contribution in [0.3, 0.4) is 0 Å². The number of amides is 1. The Morgan fingerprint density at radius 2 is 2.22 bits per heavy atom. The molecule has 2 unspecified atom stereocenters. The second kappa shape index (κ2) is 6.43. The third-order valence-corrected chi connectivity index (χ3v) is 5.71. The maximum atomic E-state index is 12.9. The van der Waals surface area contributed by atoms with Crippen molar-refractivity contribution in [3.63, 3.8) is 0 Å². The molecule has 1 aromatic heterocycles. The fourth-order valence-electron chi connectivity index (χ4n) is 3.37. The summed E-state index contributed by atoms with van der Waals surface area (Å²) in [6.07, 6.45) is 1.31. The van der Waals surface area contributed by atoms with Crippen LogP contribution in [-0.2, 0) is 11.3 Å². The van der Waals surface area contributed by atoms with Gasteiger partial charge in [0.2, 0.25) is 11.8 Å². The van der Waals surface area contributed by atoms with Gasteiger partial charge in [-0.05, 0) is 44.3 Å². The quantitative estimate of drug-likeness (QED) is 0.914. The van der Waals surface area contributed by atoms with E-state index in [-0.39, 0.29) is 24.8 Å². The Balaban J connectivity index is 1.52. The number of nitrogens with zero attached hydrogens (tertiary/aromatic N) is 2. The monoisotopic (exact) mass is 343 g/mol. The summed E-state index contributed by atoms with van der Waals surface area (Å²) >= 11 is 1.52. The Bertz CT molecular complexity index is 569. The molecule has 3 rings (SSSR count). The molecule has 1 N–H and O–H groups in total. The summed E-state index contributed by atoms with van der Waals surface area (Å²) in [6.45, 7) is 5.78. The molecule has 1 aliphatic carbocycles. The predicted molar refractivity (Wildman–Crippen MR) is 85.6 cm³/mol. The van der Waals surface area contributed by atoms with Crippen molar-refractivity contribution >= 4 is 17.4 Å². The van der Waals surface area contributed by atoms with Crippen LogP contribution in [0.5, 0.6) is 0 Å². The van der Waals surface area contributed by atoms with E-state index in [1.807, 2.05) is 6.92 Å². The average molecular weight is 343 g/mol. The summed E-state index contributed by atoms with van der Waals surface area (Å²) in [6, 6.07) is 2.61. The van der Waals surface area contributed by atoms with Crippen LogP contribution in [0.2, 0.25) is 0 Å². The first kappa shape index (κ1) is 16.8. The third-order valence-electron chi connectivity index (χ3n) is 4.85. The molecule has 2 atom stereocenters. The molecule has 2 fully saturated rings. The first-order chi connectivity index (χ1) is 10.8. The number of aryl methyl sites for hydroxylation is 1. The van der Waals surface area contributed by atoms with Crippen LogP contribution in [0, 0.1) is 12.8 Å². The normalized spacial score (nSPS) is 28.3. The van der Waals surface area contributed by atoms with Gasteiger partial charge in [-0.2, -0.15) is 4.37 Å². The molecule has 1 saturated heterocycles. The lowest BCUT2D eigenvalue weighted by molar-refractivity contribution is -0.151. The van der Waals surface area contributed by atoms with Gasteiger partial charge in [-0.3, -0.25) is 9.69 Å². The SMILES string of the molecule is Cc1cc(CN2CC(NC(=O)C3CC(F)(F)C3)CCC2C)sn1. The number of halogens is 2. The smallest absolute Gasteiger partial charge is 0.249 e. The molecule has 7 heteroatoms. The van der Waals surface area contributed by atoms with Gasteiger partial charge in [-0.25, -0.2) is 8.78 Å². The van der Waals surface area contributed by atoms with Crippen molar-refractivity contribution in [2.75, 3.05) is 6.54 Å². The maximum Gasteiger partial charge on any atom is 0.249 e. The molecular formula is C16H23F2N3OS. The fraction of sp³-hybridized carbons (Fsp3) is 0.750. The van der Waals surface area contributed by atoms with Crippen molar-refractivity contribution in [2.24, 2.45) is 5.92 Å². The Kier molecular flexibility index (Phi) is 4.69. The lowest BCUT2D eigenvalue weighted by Crippen LogP contribution is -2.54. The highest BCUT2D eigenvalue weighted by atomic mass is 32.1. The zero-order valence-corrected chi connectivity index (χ0v) is 14.3. The number of carbonyl (C=O) groups excluding carboxylic acids is 1. The molecule has 1 saturated carbocycles. The molecule has 1 aromatic rings. The lowest BCUT2D eigenvalue weighted by atomic mass is 9.80. The van der Waals surface area contributed by atoms with Crippen LogP contribution in [-0.4, -0.2) is 39.7 Å². The van der Waals surface area contributed by atoms with Gasteiger partial charge < -0.3 is 5.32 Å². The minimum absolute atomic E-state index is 0.0574. The van der Waals surface area contributed by atoms with E-state index in [1.54, 1.807) is 0 Å². The lowest BCUT2D eigenvalue weighted by Gasteiger charge is -2.40. The van der Waals surface area contributed by atoms with Gasteiger partial charge in [0, 0.05) is 48.8 Å². The topological polar surface area (TPSA) is 45.2 Å². The average Bonchev–Trinajstić information content (AvgIpc) is 2.85. The van der Waals surface area contributed by atoms with Crippen LogP contribution in [0.15, 0.2) is 6.07 Å². The number of carbonyl (C=O) groups is 1. The van der Waals surface area contributed by atoms with E-state index in [0.29, 0.717) is 6.04 Å². The van der Waals surface area contributed by atoms with Gasteiger partial charge in [0.25, 0.3) is 0 Å². The Morgan fingerprint density at radius 3 is 2.83 bits per heavy atom. The summed E-state index contributed by atoms with van der Waals surface area (Å²) in [7, 11) is 0. The van der Waals surface area contributed by atoms with Gasteiger partial charge in [0.05, 0.1) is 5.69 Å². The minimum Gasteiger partial charge on any atom is -0.352 e. The summed E-state index contributed by atoms with van der Waals surface area (Å²) < 4.78 is 30.1. The molecule has 0 radical (unpaired) electrons. The van der Waals surface area contributed by atoms with Gasteiger partial charge >= 0.3 is 0 Å². The number of nitrogens with one attached hydrogen (secondary N) is 1. The number of hydrogen-bond donors (Lipinski definition) is 1. The van der Waals surface area contributed by atoms with Crippen molar-refractivity contribution in [3.8, 4) is 0 Å². The number of hydrogen-bond acceptors (Lipinski definition) is 4. The first-order valence-electron chi connectivity index (χ1n) is 8.17.